The molecule has 2 heterocycles. The molecule has 1 amide bonds. The van der Waals surface area contributed by atoms with Gasteiger partial charge >= 0.3 is 5.69 Å². The molecule has 1 aliphatic heterocycles. The van der Waals surface area contributed by atoms with Gasteiger partial charge in [-0.2, -0.15) is 0 Å². The van der Waals surface area contributed by atoms with Crippen LogP contribution in [0.2, 0.25) is 0 Å². The largest absolute Gasteiger partial charge is 0.394 e. The molecule has 10 heteroatoms. The third kappa shape index (κ3) is 3.88. The van der Waals surface area contributed by atoms with Crippen molar-refractivity contribution >= 4 is 5.91 Å². The van der Waals surface area contributed by atoms with Gasteiger partial charge in [-0.1, -0.05) is 13.8 Å². The van der Waals surface area contributed by atoms with E-state index in [1.165, 1.54) is 20.2 Å². The van der Waals surface area contributed by atoms with Crippen molar-refractivity contribution < 1.29 is 24.5 Å². The number of aliphatic hydroxyl groups is 2. The van der Waals surface area contributed by atoms with Crippen molar-refractivity contribution in [1.29, 1.82) is 0 Å². The average Bonchev–Trinajstić information content (AvgIpc) is 2.89. The summed E-state index contributed by atoms with van der Waals surface area (Å²) in [6, 6.07) is 0. The minimum atomic E-state index is -1.27. The number of amides is 1. The maximum absolute atomic E-state index is 12.3. The molecule has 10 nitrogen and oxygen atoms in total. The molecule has 1 aliphatic rings. The molecule has 1 aromatic heterocycles. The second-order valence-corrected chi connectivity index (χ2v) is 6.50. The van der Waals surface area contributed by atoms with Gasteiger partial charge in [0.1, 0.15) is 24.4 Å². The van der Waals surface area contributed by atoms with Crippen molar-refractivity contribution in [1.82, 2.24) is 14.9 Å². The van der Waals surface area contributed by atoms with E-state index in [0.717, 1.165) is 4.57 Å². The number of nitrogens with one attached hydrogen (secondary N) is 2. The van der Waals surface area contributed by atoms with Gasteiger partial charge in [0, 0.05) is 18.8 Å². The Morgan fingerprint density at radius 3 is 2.62 bits per heavy atom. The molecular formula is C16H25N3O7. The molecular weight excluding hydrogens is 346 g/mol. The Labute approximate surface area is 149 Å². The molecule has 0 saturated carbocycles. The fourth-order valence-corrected chi connectivity index (χ4v) is 2.84. The first-order valence-corrected chi connectivity index (χ1v) is 8.38. The average molecular weight is 371 g/mol. The Balaban J connectivity index is 2.44. The highest BCUT2D eigenvalue weighted by Crippen LogP contribution is 2.31. The number of hydrogen-bond donors (Lipinski definition) is 4. The van der Waals surface area contributed by atoms with Crippen LogP contribution in [0.15, 0.2) is 15.8 Å². The fourth-order valence-electron chi connectivity index (χ4n) is 2.84. The van der Waals surface area contributed by atoms with Crippen LogP contribution in [0, 0.1) is 0 Å². The SMILES string of the molecule is CNC(=O)C(C)OC1C(O)C(CO)OC1n1cc(C(C)C)c(=O)[nH]c1=O. The van der Waals surface area contributed by atoms with Crippen LogP contribution in [0.4, 0.5) is 0 Å². The Morgan fingerprint density at radius 2 is 2.08 bits per heavy atom. The number of carbonyl (C=O) groups excluding carboxylic acids is 1. The lowest BCUT2D eigenvalue weighted by atomic mass is 10.1. The molecule has 146 valence electrons. The fraction of sp³-hybridized carbons (Fsp3) is 0.688. The van der Waals surface area contributed by atoms with E-state index in [9.17, 15) is 24.6 Å². The van der Waals surface area contributed by atoms with E-state index in [1.54, 1.807) is 13.8 Å². The smallest absolute Gasteiger partial charge is 0.330 e. The molecule has 1 aromatic rings. The second-order valence-electron chi connectivity index (χ2n) is 6.50. The summed E-state index contributed by atoms with van der Waals surface area (Å²) in [4.78, 5) is 38.2. The molecule has 2 rings (SSSR count). The second kappa shape index (κ2) is 8.12. The lowest BCUT2D eigenvalue weighted by Crippen LogP contribution is -2.44. The minimum absolute atomic E-state index is 0.158. The van der Waals surface area contributed by atoms with Gasteiger partial charge in [-0.05, 0) is 12.8 Å². The van der Waals surface area contributed by atoms with E-state index in [2.05, 4.69) is 10.3 Å². The quantitative estimate of drug-likeness (QED) is 0.473. The van der Waals surface area contributed by atoms with Crippen molar-refractivity contribution in [3.63, 3.8) is 0 Å². The number of aromatic nitrogens is 2. The summed E-state index contributed by atoms with van der Waals surface area (Å²) in [6.07, 6.45) is -4.05. The third-order valence-corrected chi connectivity index (χ3v) is 4.36. The van der Waals surface area contributed by atoms with Crippen molar-refractivity contribution in [3.05, 3.63) is 32.6 Å². The van der Waals surface area contributed by atoms with Gasteiger partial charge < -0.3 is 25.0 Å². The number of ether oxygens (including phenoxy) is 2. The Bertz CT molecular complexity index is 757. The first kappa shape index (κ1) is 20.3. The number of H-pyrrole nitrogens is 1. The molecule has 26 heavy (non-hydrogen) atoms. The summed E-state index contributed by atoms with van der Waals surface area (Å²) >= 11 is 0. The van der Waals surface area contributed by atoms with E-state index < -0.39 is 54.4 Å². The van der Waals surface area contributed by atoms with Gasteiger partial charge in [0.15, 0.2) is 6.23 Å². The highest BCUT2D eigenvalue weighted by Gasteiger charge is 2.47. The maximum Gasteiger partial charge on any atom is 0.330 e. The number of likely N-dealkylation sites (N-methyl/N-ethyl adjacent to an activating group) is 1. The zero-order chi connectivity index (χ0) is 19.6. The number of nitrogens with zero attached hydrogens (tertiary/aromatic N) is 1. The van der Waals surface area contributed by atoms with Crippen molar-refractivity contribution in [2.45, 2.75) is 57.3 Å². The molecule has 1 fully saturated rings. The number of rotatable bonds is 6. The van der Waals surface area contributed by atoms with E-state index in [0.29, 0.717) is 5.56 Å². The van der Waals surface area contributed by atoms with Crippen LogP contribution in [0.3, 0.4) is 0 Å². The Hall–Kier alpha value is -2.01. The van der Waals surface area contributed by atoms with Gasteiger partial charge in [0.25, 0.3) is 5.56 Å². The first-order chi connectivity index (χ1) is 12.2. The highest BCUT2D eigenvalue weighted by molar-refractivity contribution is 5.79. The summed E-state index contributed by atoms with van der Waals surface area (Å²) < 4.78 is 12.3. The maximum atomic E-state index is 12.3. The van der Waals surface area contributed by atoms with Crippen LogP contribution in [0.25, 0.3) is 0 Å². The predicted octanol–water partition coefficient (Wildman–Crippen LogP) is -1.57. The molecule has 0 aliphatic carbocycles. The lowest BCUT2D eigenvalue weighted by molar-refractivity contribution is -0.144. The van der Waals surface area contributed by atoms with E-state index >= 15 is 0 Å². The zero-order valence-corrected chi connectivity index (χ0v) is 15.1. The molecule has 0 spiro atoms. The Kier molecular flexibility index (Phi) is 6.34. The van der Waals surface area contributed by atoms with Crippen LogP contribution < -0.4 is 16.6 Å². The number of hydrogen-bond acceptors (Lipinski definition) is 7. The molecule has 4 N–H and O–H groups in total. The van der Waals surface area contributed by atoms with Crippen LogP contribution in [0.5, 0.6) is 0 Å². The molecule has 5 unspecified atom stereocenters. The predicted molar refractivity (Wildman–Crippen MR) is 90.8 cm³/mol. The summed E-state index contributed by atoms with van der Waals surface area (Å²) in [5.41, 5.74) is -0.890. The topological polar surface area (TPSA) is 143 Å². The summed E-state index contributed by atoms with van der Waals surface area (Å²) in [5.74, 6) is -0.574. The summed E-state index contributed by atoms with van der Waals surface area (Å²) in [7, 11) is 1.44. The van der Waals surface area contributed by atoms with Gasteiger partial charge in [-0.3, -0.25) is 19.1 Å². The van der Waals surface area contributed by atoms with Gasteiger partial charge in [-0.15, -0.1) is 0 Å². The van der Waals surface area contributed by atoms with Crippen LogP contribution >= 0.6 is 0 Å². The monoisotopic (exact) mass is 371 g/mol. The van der Waals surface area contributed by atoms with E-state index in [4.69, 9.17) is 9.47 Å². The molecule has 5 atom stereocenters. The standard InChI is InChI=1S/C16H25N3O7/c1-7(2)9-5-19(16(24)18-14(9)23)15-12(11(21)10(6-20)26-15)25-8(3)13(22)17-4/h5,7-8,10-12,15,20-21H,6H2,1-4H3,(H,17,22)(H,18,23,24). The molecule has 0 aromatic carbocycles. The summed E-state index contributed by atoms with van der Waals surface area (Å²) in [6.45, 7) is 4.58. The van der Waals surface area contributed by atoms with Crippen molar-refractivity contribution in [2.24, 2.45) is 0 Å². The lowest BCUT2D eigenvalue weighted by Gasteiger charge is -2.25. The molecule has 0 radical (unpaired) electrons. The third-order valence-electron chi connectivity index (χ3n) is 4.36. The first-order valence-electron chi connectivity index (χ1n) is 8.38. The number of carbonyl (C=O) groups is 1. The Morgan fingerprint density at radius 1 is 1.42 bits per heavy atom. The van der Waals surface area contributed by atoms with Crippen LogP contribution in [0.1, 0.15) is 38.5 Å². The number of aromatic amines is 1. The number of aliphatic hydroxyl groups excluding tert-OH is 2. The van der Waals surface area contributed by atoms with Crippen LogP contribution in [-0.4, -0.2) is 63.7 Å². The zero-order valence-electron chi connectivity index (χ0n) is 15.1. The van der Waals surface area contributed by atoms with Gasteiger partial charge in [0.2, 0.25) is 5.91 Å². The van der Waals surface area contributed by atoms with Gasteiger partial charge in [-0.25, -0.2) is 4.79 Å². The minimum Gasteiger partial charge on any atom is -0.394 e. The van der Waals surface area contributed by atoms with Crippen molar-refractivity contribution in [2.75, 3.05) is 13.7 Å². The van der Waals surface area contributed by atoms with E-state index in [-0.39, 0.29) is 5.92 Å². The molecule has 1 saturated heterocycles. The van der Waals surface area contributed by atoms with E-state index in [1.807, 2.05) is 0 Å². The highest BCUT2D eigenvalue weighted by atomic mass is 16.6. The summed E-state index contributed by atoms with van der Waals surface area (Å²) in [5, 5.41) is 22.2. The normalized spacial score (nSPS) is 26.9. The van der Waals surface area contributed by atoms with Crippen molar-refractivity contribution in [3.8, 4) is 0 Å². The molecule has 0 bridgehead atoms. The van der Waals surface area contributed by atoms with Gasteiger partial charge in [0.05, 0.1) is 6.61 Å². The van der Waals surface area contributed by atoms with Crippen LogP contribution in [-0.2, 0) is 14.3 Å².